The lowest BCUT2D eigenvalue weighted by atomic mass is 10.1. The van der Waals surface area contributed by atoms with Crippen LogP contribution in [-0.4, -0.2) is 47.9 Å². The molecule has 0 bridgehead atoms. The Morgan fingerprint density at radius 1 is 1.00 bits per heavy atom. The molecule has 4 nitrogen and oxygen atoms in total. The number of rotatable bonds is 6. The molecule has 0 unspecified atom stereocenters. The molecule has 0 spiro atoms. The molecule has 0 saturated carbocycles. The number of carbonyl (C=O) groups is 1. The lowest BCUT2D eigenvalue weighted by molar-refractivity contribution is -0.126. The Labute approximate surface area is 156 Å². The van der Waals surface area contributed by atoms with Gasteiger partial charge in [0.2, 0.25) is 5.91 Å². The van der Waals surface area contributed by atoms with Crippen molar-refractivity contribution in [1.82, 2.24) is 15.1 Å². The molecule has 0 aliphatic carbocycles. The highest BCUT2D eigenvalue weighted by Gasteiger charge is 2.25. The van der Waals surface area contributed by atoms with Crippen LogP contribution in [0.1, 0.15) is 23.6 Å². The van der Waals surface area contributed by atoms with Gasteiger partial charge in [-0.3, -0.25) is 14.6 Å². The van der Waals surface area contributed by atoms with Gasteiger partial charge in [-0.25, -0.2) is 0 Å². The molecule has 138 valence electrons. The van der Waals surface area contributed by atoms with Crippen LogP contribution in [0.5, 0.6) is 0 Å². The van der Waals surface area contributed by atoms with Crippen molar-refractivity contribution >= 4 is 5.91 Å². The monoisotopic (exact) mass is 351 g/mol. The summed E-state index contributed by atoms with van der Waals surface area (Å²) in [7, 11) is 0. The number of benzene rings is 2. The van der Waals surface area contributed by atoms with Crippen LogP contribution >= 0.6 is 0 Å². The van der Waals surface area contributed by atoms with Gasteiger partial charge in [0.05, 0.1) is 6.04 Å². The smallest absolute Gasteiger partial charge is 0.237 e. The van der Waals surface area contributed by atoms with Crippen LogP contribution in [0, 0.1) is 6.92 Å². The molecule has 1 saturated heterocycles. The zero-order chi connectivity index (χ0) is 18.4. The molecule has 0 aromatic heterocycles. The Morgan fingerprint density at radius 3 is 2.35 bits per heavy atom. The topological polar surface area (TPSA) is 35.6 Å². The molecule has 3 rings (SSSR count). The van der Waals surface area contributed by atoms with Crippen molar-refractivity contribution in [1.29, 1.82) is 0 Å². The number of nitrogens with one attached hydrogen (secondary N) is 1. The van der Waals surface area contributed by atoms with Crippen molar-refractivity contribution in [2.24, 2.45) is 0 Å². The Bertz CT molecular complexity index is 708. The van der Waals surface area contributed by atoms with E-state index in [1.807, 2.05) is 37.3 Å². The lowest BCUT2D eigenvalue weighted by Gasteiger charge is -2.37. The van der Waals surface area contributed by atoms with Gasteiger partial charge >= 0.3 is 0 Å². The molecule has 1 amide bonds. The SMILES string of the molecule is Cc1ccccc1CN1CCN([C@H](C)C(=O)NCc2ccccc2)CC1. The van der Waals surface area contributed by atoms with Gasteiger partial charge in [-0.05, 0) is 30.5 Å². The summed E-state index contributed by atoms with van der Waals surface area (Å²) in [5.41, 5.74) is 3.88. The van der Waals surface area contributed by atoms with Crippen LogP contribution in [0.15, 0.2) is 54.6 Å². The average Bonchev–Trinajstić information content (AvgIpc) is 2.69. The number of aryl methyl sites for hydroxylation is 1. The molecule has 1 aliphatic rings. The molecule has 0 radical (unpaired) electrons. The maximum Gasteiger partial charge on any atom is 0.237 e. The summed E-state index contributed by atoms with van der Waals surface area (Å²) < 4.78 is 0. The highest BCUT2D eigenvalue weighted by molar-refractivity contribution is 5.81. The first-order valence-electron chi connectivity index (χ1n) is 9.46. The van der Waals surface area contributed by atoms with E-state index in [2.05, 4.69) is 46.3 Å². The molecule has 4 heteroatoms. The van der Waals surface area contributed by atoms with E-state index in [-0.39, 0.29) is 11.9 Å². The first kappa shape index (κ1) is 18.6. The second-order valence-electron chi connectivity index (χ2n) is 7.12. The fourth-order valence-electron chi connectivity index (χ4n) is 3.44. The maximum atomic E-state index is 12.5. The molecule has 26 heavy (non-hydrogen) atoms. The van der Waals surface area contributed by atoms with Crippen LogP contribution in [0.2, 0.25) is 0 Å². The van der Waals surface area contributed by atoms with Crippen LogP contribution < -0.4 is 5.32 Å². The van der Waals surface area contributed by atoms with E-state index in [0.717, 1.165) is 38.3 Å². The van der Waals surface area contributed by atoms with Crippen molar-refractivity contribution in [3.05, 3.63) is 71.3 Å². The third-order valence-electron chi connectivity index (χ3n) is 5.30. The molecule has 1 atom stereocenters. The van der Waals surface area contributed by atoms with Gasteiger partial charge in [0.15, 0.2) is 0 Å². The summed E-state index contributed by atoms with van der Waals surface area (Å²) >= 11 is 0. The predicted molar refractivity (Wildman–Crippen MR) is 106 cm³/mol. The summed E-state index contributed by atoms with van der Waals surface area (Å²) in [5, 5.41) is 3.06. The van der Waals surface area contributed by atoms with E-state index < -0.39 is 0 Å². The van der Waals surface area contributed by atoms with Gasteiger partial charge in [0.25, 0.3) is 0 Å². The number of nitrogens with zero attached hydrogens (tertiary/aromatic N) is 2. The predicted octanol–water partition coefficient (Wildman–Crippen LogP) is 2.82. The molecular weight excluding hydrogens is 322 g/mol. The van der Waals surface area contributed by atoms with E-state index in [1.54, 1.807) is 0 Å². The maximum absolute atomic E-state index is 12.5. The highest BCUT2D eigenvalue weighted by atomic mass is 16.2. The zero-order valence-corrected chi connectivity index (χ0v) is 15.8. The van der Waals surface area contributed by atoms with E-state index in [4.69, 9.17) is 0 Å². The summed E-state index contributed by atoms with van der Waals surface area (Å²) in [4.78, 5) is 17.2. The van der Waals surface area contributed by atoms with Crippen LogP contribution in [-0.2, 0) is 17.9 Å². The molecule has 1 N–H and O–H groups in total. The summed E-state index contributed by atoms with van der Waals surface area (Å²) in [6.07, 6.45) is 0. The number of piperazine rings is 1. The first-order valence-corrected chi connectivity index (χ1v) is 9.46. The Kier molecular flexibility index (Phi) is 6.42. The normalized spacial score (nSPS) is 17.0. The Hall–Kier alpha value is -2.17. The van der Waals surface area contributed by atoms with Crippen LogP contribution in [0.25, 0.3) is 0 Å². The Balaban J connectivity index is 1.45. The quantitative estimate of drug-likeness (QED) is 0.869. The molecule has 1 fully saturated rings. The van der Waals surface area contributed by atoms with E-state index in [1.165, 1.54) is 11.1 Å². The van der Waals surface area contributed by atoms with Crippen molar-refractivity contribution in [2.75, 3.05) is 26.2 Å². The summed E-state index contributed by atoms with van der Waals surface area (Å²) in [5.74, 6) is 0.112. The second kappa shape index (κ2) is 8.97. The second-order valence-corrected chi connectivity index (χ2v) is 7.12. The van der Waals surface area contributed by atoms with Crippen LogP contribution in [0.4, 0.5) is 0 Å². The lowest BCUT2D eigenvalue weighted by Crippen LogP contribution is -2.53. The number of amides is 1. The number of hydrogen-bond donors (Lipinski definition) is 1. The third kappa shape index (κ3) is 4.93. The molecule has 2 aromatic rings. The third-order valence-corrected chi connectivity index (χ3v) is 5.30. The first-order chi connectivity index (χ1) is 12.6. The van der Waals surface area contributed by atoms with Gasteiger partial charge in [0, 0.05) is 39.3 Å². The number of hydrogen-bond acceptors (Lipinski definition) is 3. The van der Waals surface area contributed by atoms with E-state index in [0.29, 0.717) is 6.54 Å². The van der Waals surface area contributed by atoms with Crippen molar-refractivity contribution < 1.29 is 4.79 Å². The molecular formula is C22H29N3O. The van der Waals surface area contributed by atoms with Gasteiger partial charge in [0.1, 0.15) is 0 Å². The zero-order valence-electron chi connectivity index (χ0n) is 15.8. The highest BCUT2D eigenvalue weighted by Crippen LogP contribution is 2.13. The van der Waals surface area contributed by atoms with Gasteiger partial charge in [-0.15, -0.1) is 0 Å². The van der Waals surface area contributed by atoms with Crippen molar-refractivity contribution in [3.63, 3.8) is 0 Å². The number of carbonyl (C=O) groups excluding carboxylic acids is 1. The molecule has 1 aliphatic heterocycles. The fraction of sp³-hybridized carbons (Fsp3) is 0.409. The summed E-state index contributed by atoms with van der Waals surface area (Å²) in [6.45, 7) is 9.65. The standard InChI is InChI=1S/C22H29N3O/c1-18-8-6-7-11-21(18)17-24-12-14-25(15-13-24)19(2)22(26)23-16-20-9-4-3-5-10-20/h3-11,19H,12-17H2,1-2H3,(H,23,26)/t19-/m1/s1. The minimum Gasteiger partial charge on any atom is -0.351 e. The average molecular weight is 351 g/mol. The van der Waals surface area contributed by atoms with Gasteiger partial charge in [-0.2, -0.15) is 0 Å². The fourth-order valence-corrected chi connectivity index (χ4v) is 3.44. The van der Waals surface area contributed by atoms with Gasteiger partial charge in [-0.1, -0.05) is 54.6 Å². The summed E-state index contributed by atoms with van der Waals surface area (Å²) in [6, 6.07) is 18.6. The van der Waals surface area contributed by atoms with Crippen molar-refractivity contribution in [2.45, 2.75) is 33.0 Å². The molecule has 2 aromatic carbocycles. The minimum atomic E-state index is -0.0840. The van der Waals surface area contributed by atoms with E-state index in [9.17, 15) is 4.79 Å². The minimum absolute atomic E-state index is 0.0840. The van der Waals surface area contributed by atoms with Crippen LogP contribution in [0.3, 0.4) is 0 Å². The largest absolute Gasteiger partial charge is 0.351 e. The van der Waals surface area contributed by atoms with Gasteiger partial charge < -0.3 is 5.32 Å². The van der Waals surface area contributed by atoms with Crippen molar-refractivity contribution in [3.8, 4) is 0 Å². The van der Waals surface area contributed by atoms with E-state index >= 15 is 0 Å². The molecule has 1 heterocycles. The Morgan fingerprint density at radius 2 is 1.65 bits per heavy atom.